The van der Waals surface area contributed by atoms with Crippen LogP contribution in [-0.4, -0.2) is 39.0 Å². The molecular weight excluding hydrogens is 414 g/mol. The van der Waals surface area contributed by atoms with Gasteiger partial charge in [0.25, 0.3) is 5.56 Å². The van der Waals surface area contributed by atoms with Crippen molar-refractivity contribution in [3.63, 3.8) is 0 Å². The Kier molecular flexibility index (Phi) is 5.38. The molecule has 8 nitrogen and oxygen atoms in total. The molecule has 9 heteroatoms. The number of rotatable bonds is 2. The quantitative estimate of drug-likeness (QED) is 0.477. The Morgan fingerprint density at radius 1 is 1.29 bits per heavy atom. The van der Waals surface area contributed by atoms with Crippen LogP contribution in [0.4, 0.5) is 16.2 Å². The van der Waals surface area contributed by atoms with Crippen LogP contribution in [0.5, 0.6) is 0 Å². The summed E-state index contributed by atoms with van der Waals surface area (Å²) in [7, 11) is 1.69. The Morgan fingerprint density at radius 2 is 2.03 bits per heavy atom. The lowest BCUT2D eigenvalue weighted by atomic mass is 10.0. The number of amides is 1. The van der Waals surface area contributed by atoms with E-state index < -0.39 is 17.7 Å². The first kappa shape index (κ1) is 21.2. The molecule has 1 aliphatic heterocycles. The molecule has 1 aliphatic rings. The van der Waals surface area contributed by atoms with Gasteiger partial charge in [0.2, 0.25) is 0 Å². The van der Waals surface area contributed by atoms with E-state index >= 15 is 0 Å². The molecule has 0 bridgehead atoms. The van der Waals surface area contributed by atoms with Crippen molar-refractivity contribution in [3.8, 4) is 0 Å². The maximum Gasteiger partial charge on any atom is 0.415 e. The zero-order chi connectivity index (χ0) is 22.3. The highest BCUT2D eigenvalue weighted by Crippen LogP contribution is 2.38. The molecule has 2 aromatic heterocycles. The normalized spacial score (nSPS) is 16.0. The summed E-state index contributed by atoms with van der Waals surface area (Å²) < 4.78 is 7.21. The summed E-state index contributed by atoms with van der Waals surface area (Å²) in [6, 6.07) is 8.73. The lowest BCUT2D eigenvalue weighted by Crippen LogP contribution is -2.46. The average molecular weight is 440 g/mol. The van der Waals surface area contributed by atoms with Crippen molar-refractivity contribution >= 4 is 40.3 Å². The molecule has 1 amide bonds. The highest BCUT2D eigenvalue weighted by molar-refractivity contribution is 7.98. The number of hydrogen-bond donors (Lipinski definition) is 1. The number of pyridine rings is 1. The topological polar surface area (TPSA) is 89.4 Å². The number of aryl methyl sites for hydroxylation is 1. The number of nitrogens with one attached hydrogen (secondary N) is 1. The van der Waals surface area contributed by atoms with E-state index in [0.717, 1.165) is 11.1 Å². The van der Waals surface area contributed by atoms with Crippen molar-refractivity contribution in [2.45, 2.75) is 37.6 Å². The largest absolute Gasteiger partial charge is 0.443 e. The molecule has 0 fully saturated rings. The van der Waals surface area contributed by atoms with Crippen molar-refractivity contribution in [3.05, 3.63) is 52.4 Å². The van der Waals surface area contributed by atoms with Gasteiger partial charge in [-0.2, -0.15) is 0 Å². The maximum absolute atomic E-state index is 13.3. The van der Waals surface area contributed by atoms with Gasteiger partial charge in [-0.05, 0) is 45.2 Å². The van der Waals surface area contributed by atoms with Gasteiger partial charge in [0.05, 0.1) is 17.4 Å². The van der Waals surface area contributed by atoms with Gasteiger partial charge in [-0.15, -0.1) is 0 Å². The van der Waals surface area contributed by atoms with Crippen molar-refractivity contribution in [2.75, 3.05) is 23.0 Å². The predicted octanol–water partition coefficient (Wildman–Crippen LogP) is 3.96. The van der Waals surface area contributed by atoms with Gasteiger partial charge in [0.15, 0.2) is 5.16 Å². The number of carbonyl (C=O) groups is 1. The number of hydrogen-bond acceptors (Lipinski definition) is 7. The third-order valence-electron chi connectivity index (χ3n) is 5.05. The first-order chi connectivity index (χ1) is 14.7. The molecule has 1 atom stereocenters. The summed E-state index contributed by atoms with van der Waals surface area (Å²) in [4.78, 5) is 37.0. The number of benzene rings is 1. The first-order valence-corrected chi connectivity index (χ1v) is 11.2. The van der Waals surface area contributed by atoms with Crippen LogP contribution in [0.15, 0.2) is 46.5 Å². The Morgan fingerprint density at radius 3 is 2.74 bits per heavy atom. The second-order valence-corrected chi connectivity index (χ2v) is 9.14. The minimum atomic E-state index is -0.669. The van der Waals surface area contributed by atoms with E-state index in [9.17, 15) is 9.59 Å². The molecule has 4 rings (SSSR count). The standard InChI is InChI=1S/C22H25N5O3S/c1-22(2,3)30-21(29)27-16-9-7-6-8-15(16)23-12-17(27)14-10-13-11-24-20(31-5)25-18(13)26(4)19(14)28/h6-11,17,23H,12H2,1-5H3. The van der Waals surface area contributed by atoms with Crippen LogP contribution in [0.25, 0.3) is 11.0 Å². The van der Waals surface area contributed by atoms with Gasteiger partial charge >= 0.3 is 6.09 Å². The molecule has 162 valence electrons. The van der Waals surface area contributed by atoms with E-state index in [2.05, 4.69) is 15.3 Å². The van der Waals surface area contributed by atoms with E-state index in [1.165, 1.54) is 16.3 Å². The van der Waals surface area contributed by atoms with Crippen molar-refractivity contribution in [1.29, 1.82) is 0 Å². The number of aromatic nitrogens is 3. The van der Waals surface area contributed by atoms with Gasteiger partial charge in [0.1, 0.15) is 11.2 Å². The number of carbonyl (C=O) groups excluding carboxylic acids is 1. The summed E-state index contributed by atoms with van der Waals surface area (Å²) in [5.74, 6) is 0. The van der Waals surface area contributed by atoms with Crippen LogP contribution >= 0.6 is 11.8 Å². The minimum absolute atomic E-state index is 0.210. The monoisotopic (exact) mass is 439 g/mol. The summed E-state index contributed by atoms with van der Waals surface area (Å²) in [5, 5.41) is 4.67. The number of nitrogens with zero attached hydrogens (tertiary/aromatic N) is 4. The average Bonchev–Trinajstić information content (AvgIpc) is 2.74. The van der Waals surface area contributed by atoms with Gasteiger partial charge in [-0.1, -0.05) is 23.9 Å². The molecule has 1 N–H and O–H groups in total. The van der Waals surface area contributed by atoms with E-state index in [-0.39, 0.29) is 5.56 Å². The summed E-state index contributed by atoms with van der Waals surface area (Å²) >= 11 is 1.42. The molecule has 3 heterocycles. The molecule has 31 heavy (non-hydrogen) atoms. The van der Waals surface area contributed by atoms with Crippen molar-refractivity contribution in [2.24, 2.45) is 7.05 Å². The molecule has 0 spiro atoms. The molecule has 1 unspecified atom stereocenters. The van der Waals surface area contributed by atoms with Crippen LogP contribution in [0.2, 0.25) is 0 Å². The van der Waals surface area contributed by atoms with Crippen LogP contribution in [0, 0.1) is 0 Å². The second kappa shape index (κ2) is 7.88. The molecule has 0 saturated carbocycles. The minimum Gasteiger partial charge on any atom is -0.443 e. The summed E-state index contributed by atoms with van der Waals surface area (Å²) in [6.45, 7) is 5.85. The van der Waals surface area contributed by atoms with Gasteiger partial charge in [-0.25, -0.2) is 14.8 Å². The SMILES string of the molecule is CSc1ncc2cc(C3CNc4ccccc4N3C(=O)OC(C)(C)C)c(=O)n(C)c2n1. The molecule has 0 aliphatic carbocycles. The Balaban J connectivity index is 1.87. The summed E-state index contributed by atoms with van der Waals surface area (Å²) in [5.41, 5.74) is 1.64. The number of para-hydroxylation sites is 2. The highest BCUT2D eigenvalue weighted by Gasteiger charge is 2.36. The van der Waals surface area contributed by atoms with Crippen molar-refractivity contribution < 1.29 is 9.53 Å². The van der Waals surface area contributed by atoms with Crippen LogP contribution < -0.4 is 15.8 Å². The van der Waals surface area contributed by atoms with Crippen LogP contribution in [0.1, 0.15) is 32.4 Å². The molecule has 1 aromatic carbocycles. The zero-order valence-corrected chi connectivity index (χ0v) is 19.0. The smallest absolute Gasteiger partial charge is 0.415 e. The van der Waals surface area contributed by atoms with E-state index in [0.29, 0.717) is 28.6 Å². The number of ether oxygens (including phenoxy) is 1. The first-order valence-electron chi connectivity index (χ1n) is 9.95. The zero-order valence-electron chi connectivity index (χ0n) is 18.2. The Hall–Kier alpha value is -3.07. The second-order valence-electron chi connectivity index (χ2n) is 8.36. The van der Waals surface area contributed by atoms with Crippen LogP contribution in [0.3, 0.4) is 0 Å². The van der Waals surface area contributed by atoms with E-state index in [4.69, 9.17) is 4.74 Å². The third kappa shape index (κ3) is 3.97. The molecular formula is C22H25N5O3S. The molecule has 3 aromatic rings. The van der Waals surface area contributed by atoms with Gasteiger partial charge in [-0.3, -0.25) is 14.3 Å². The number of thioether (sulfide) groups is 1. The number of anilines is 2. The van der Waals surface area contributed by atoms with E-state index in [1.807, 2.05) is 51.3 Å². The maximum atomic E-state index is 13.3. The lowest BCUT2D eigenvalue weighted by Gasteiger charge is -2.38. The Labute approximate surface area is 184 Å². The highest BCUT2D eigenvalue weighted by atomic mass is 32.2. The lowest BCUT2D eigenvalue weighted by molar-refractivity contribution is 0.0565. The van der Waals surface area contributed by atoms with Crippen molar-refractivity contribution in [1.82, 2.24) is 14.5 Å². The fourth-order valence-corrected chi connectivity index (χ4v) is 4.01. The third-order valence-corrected chi connectivity index (χ3v) is 5.61. The number of fused-ring (bicyclic) bond motifs is 2. The molecule has 0 saturated heterocycles. The fraction of sp³-hybridized carbons (Fsp3) is 0.364. The Bertz CT molecular complexity index is 1220. The van der Waals surface area contributed by atoms with E-state index in [1.54, 1.807) is 24.2 Å². The summed E-state index contributed by atoms with van der Waals surface area (Å²) in [6.07, 6.45) is 3.10. The molecule has 0 radical (unpaired) electrons. The fourth-order valence-electron chi connectivity index (χ4n) is 3.68. The predicted molar refractivity (Wildman–Crippen MR) is 123 cm³/mol. The van der Waals surface area contributed by atoms with Gasteiger partial charge in [0, 0.05) is 30.7 Å². The van der Waals surface area contributed by atoms with Crippen LogP contribution in [-0.2, 0) is 11.8 Å². The van der Waals surface area contributed by atoms with Gasteiger partial charge < -0.3 is 10.1 Å².